The molecule has 0 amide bonds. The maximum atomic E-state index is 6.08. The molecule has 100 valence electrons. The highest BCUT2D eigenvalue weighted by Gasteiger charge is 2.22. The number of nitrogens with one attached hydrogen (secondary N) is 1. The van der Waals surface area contributed by atoms with E-state index in [0.717, 1.165) is 25.8 Å². The fourth-order valence-corrected chi connectivity index (χ4v) is 2.51. The summed E-state index contributed by atoms with van der Waals surface area (Å²) in [4.78, 5) is 8.44. The molecule has 0 aromatic carbocycles. The lowest BCUT2D eigenvalue weighted by molar-refractivity contribution is 0.372. The predicted molar refractivity (Wildman–Crippen MR) is 70.6 cm³/mol. The maximum Gasteiger partial charge on any atom is 0.229 e. The third kappa shape index (κ3) is 3.38. The Balaban J connectivity index is 1.95. The minimum Gasteiger partial charge on any atom is -0.481 e. The molecule has 0 radical (unpaired) electrons. The Hall–Kier alpha value is -1.23. The molecule has 1 fully saturated rings. The largest absolute Gasteiger partial charge is 0.481 e. The van der Waals surface area contributed by atoms with Crippen LogP contribution in [0.15, 0.2) is 6.07 Å². The van der Waals surface area contributed by atoms with Crippen LogP contribution in [0, 0.1) is 5.92 Å². The van der Waals surface area contributed by atoms with Gasteiger partial charge in [-0.25, -0.2) is 0 Å². The summed E-state index contributed by atoms with van der Waals surface area (Å²) >= 11 is 6.08. The van der Waals surface area contributed by atoms with Crippen molar-refractivity contribution in [3.63, 3.8) is 0 Å². The number of methoxy groups -OCH3 is 2. The van der Waals surface area contributed by atoms with Crippen molar-refractivity contribution in [2.75, 3.05) is 26.1 Å². The van der Waals surface area contributed by atoms with E-state index >= 15 is 0 Å². The van der Waals surface area contributed by atoms with Gasteiger partial charge in [0, 0.05) is 11.9 Å². The van der Waals surface area contributed by atoms with Gasteiger partial charge in [0.05, 0.1) is 20.3 Å². The van der Waals surface area contributed by atoms with E-state index in [1.165, 1.54) is 0 Å². The normalized spacial score (nSPS) is 22.8. The molecule has 6 heteroatoms. The number of hydrogen-bond acceptors (Lipinski definition) is 5. The van der Waals surface area contributed by atoms with Gasteiger partial charge in [-0.2, -0.15) is 9.97 Å². The van der Waals surface area contributed by atoms with E-state index in [9.17, 15) is 0 Å². The SMILES string of the molecule is COc1cc(OC)nc(NCC2CCC(Cl)C2)n1. The Kier molecular flexibility index (Phi) is 4.47. The summed E-state index contributed by atoms with van der Waals surface area (Å²) in [5.41, 5.74) is 0. The average Bonchev–Trinajstić information content (AvgIpc) is 2.81. The third-order valence-electron chi connectivity index (χ3n) is 3.12. The van der Waals surface area contributed by atoms with Gasteiger partial charge in [-0.15, -0.1) is 11.6 Å². The number of anilines is 1. The Morgan fingerprint density at radius 1 is 1.28 bits per heavy atom. The number of aromatic nitrogens is 2. The molecule has 0 spiro atoms. The number of alkyl halides is 1. The number of hydrogen-bond donors (Lipinski definition) is 1. The van der Waals surface area contributed by atoms with E-state index in [1.54, 1.807) is 20.3 Å². The summed E-state index contributed by atoms with van der Waals surface area (Å²) in [7, 11) is 3.14. The minimum absolute atomic E-state index is 0.317. The van der Waals surface area contributed by atoms with Crippen LogP contribution in [-0.2, 0) is 0 Å². The van der Waals surface area contributed by atoms with Gasteiger partial charge in [0.25, 0.3) is 0 Å². The molecular formula is C12H18ClN3O2. The minimum atomic E-state index is 0.317. The third-order valence-corrected chi connectivity index (χ3v) is 3.52. The maximum absolute atomic E-state index is 6.08. The highest BCUT2D eigenvalue weighted by Crippen LogP contribution is 2.29. The van der Waals surface area contributed by atoms with Crippen molar-refractivity contribution in [2.24, 2.45) is 5.92 Å². The average molecular weight is 272 g/mol. The lowest BCUT2D eigenvalue weighted by Crippen LogP contribution is -2.14. The van der Waals surface area contributed by atoms with Gasteiger partial charge in [-0.05, 0) is 25.2 Å². The Morgan fingerprint density at radius 2 is 1.94 bits per heavy atom. The molecule has 1 aromatic rings. The molecule has 5 nitrogen and oxygen atoms in total. The van der Waals surface area contributed by atoms with Gasteiger partial charge in [0.1, 0.15) is 0 Å². The standard InChI is InChI=1S/C12H18ClN3O2/c1-17-10-6-11(18-2)16-12(15-10)14-7-8-3-4-9(13)5-8/h6,8-9H,3-5,7H2,1-2H3,(H,14,15,16). The van der Waals surface area contributed by atoms with Crippen molar-refractivity contribution >= 4 is 17.5 Å². The van der Waals surface area contributed by atoms with Crippen molar-refractivity contribution in [2.45, 2.75) is 24.6 Å². The molecule has 2 unspecified atom stereocenters. The van der Waals surface area contributed by atoms with Crippen LogP contribution >= 0.6 is 11.6 Å². The smallest absolute Gasteiger partial charge is 0.229 e. The molecule has 1 heterocycles. The number of ether oxygens (including phenoxy) is 2. The topological polar surface area (TPSA) is 56.3 Å². The first-order valence-electron chi connectivity index (χ1n) is 6.06. The van der Waals surface area contributed by atoms with Crippen LogP contribution in [0.1, 0.15) is 19.3 Å². The number of halogens is 1. The zero-order valence-corrected chi connectivity index (χ0v) is 11.4. The zero-order chi connectivity index (χ0) is 13.0. The highest BCUT2D eigenvalue weighted by atomic mass is 35.5. The molecule has 0 saturated heterocycles. The fourth-order valence-electron chi connectivity index (χ4n) is 2.13. The van der Waals surface area contributed by atoms with Gasteiger partial charge in [0.15, 0.2) is 0 Å². The first-order chi connectivity index (χ1) is 8.71. The van der Waals surface area contributed by atoms with Crippen molar-refractivity contribution in [1.29, 1.82) is 0 Å². The van der Waals surface area contributed by atoms with E-state index in [-0.39, 0.29) is 0 Å². The summed E-state index contributed by atoms with van der Waals surface area (Å²) in [6, 6.07) is 1.65. The second-order valence-corrected chi connectivity index (χ2v) is 5.05. The van der Waals surface area contributed by atoms with Crippen molar-refractivity contribution in [1.82, 2.24) is 9.97 Å². The predicted octanol–water partition coefficient (Wildman–Crippen LogP) is 2.31. The van der Waals surface area contributed by atoms with Crippen LogP contribution in [0.25, 0.3) is 0 Å². The first-order valence-corrected chi connectivity index (χ1v) is 6.50. The number of nitrogens with zero attached hydrogens (tertiary/aromatic N) is 2. The molecule has 1 N–H and O–H groups in total. The molecule has 0 bridgehead atoms. The molecule has 0 aliphatic heterocycles. The van der Waals surface area contributed by atoms with Crippen LogP contribution in [0.2, 0.25) is 0 Å². The lowest BCUT2D eigenvalue weighted by Gasteiger charge is -2.12. The van der Waals surface area contributed by atoms with Crippen LogP contribution in [0.5, 0.6) is 11.8 Å². The Bertz CT molecular complexity index is 381. The quantitative estimate of drug-likeness (QED) is 0.833. The second-order valence-electron chi connectivity index (χ2n) is 4.43. The van der Waals surface area contributed by atoms with E-state index in [0.29, 0.717) is 29.0 Å². The number of rotatable bonds is 5. The first kappa shape index (κ1) is 13.2. The lowest BCUT2D eigenvalue weighted by atomic mass is 10.1. The molecule has 1 aromatic heterocycles. The van der Waals surface area contributed by atoms with E-state index in [2.05, 4.69) is 15.3 Å². The molecule has 2 rings (SSSR count). The summed E-state index contributed by atoms with van der Waals surface area (Å²) < 4.78 is 10.2. The molecule has 1 aliphatic rings. The summed E-state index contributed by atoms with van der Waals surface area (Å²) in [5.74, 6) is 2.11. The fraction of sp³-hybridized carbons (Fsp3) is 0.667. The Morgan fingerprint density at radius 3 is 2.44 bits per heavy atom. The summed E-state index contributed by atoms with van der Waals surface area (Å²) in [6.07, 6.45) is 3.30. The van der Waals surface area contributed by atoms with Gasteiger partial charge in [0.2, 0.25) is 17.7 Å². The second kappa shape index (κ2) is 6.09. The van der Waals surface area contributed by atoms with Gasteiger partial charge in [-0.3, -0.25) is 0 Å². The van der Waals surface area contributed by atoms with Crippen LogP contribution < -0.4 is 14.8 Å². The van der Waals surface area contributed by atoms with Crippen molar-refractivity contribution in [3.8, 4) is 11.8 Å². The highest BCUT2D eigenvalue weighted by molar-refractivity contribution is 6.20. The summed E-state index contributed by atoms with van der Waals surface area (Å²) in [5, 5.41) is 3.53. The van der Waals surface area contributed by atoms with Crippen LogP contribution in [-0.4, -0.2) is 36.1 Å². The molecular weight excluding hydrogens is 254 g/mol. The van der Waals surface area contributed by atoms with Gasteiger partial charge < -0.3 is 14.8 Å². The molecule has 2 atom stereocenters. The molecule has 18 heavy (non-hydrogen) atoms. The van der Waals surface area contributed by atoms with Crippen LogP contribution in [0.4, 0.5) is 5.95 Å². The van der Waals surface area contributed by atoms with E-state index in [4.69, 9.17) is 21.1 Å². The molecule has 1 saturated carbocycles. The molecule has 1 aliphatic carbocycles. The van der Waals surface area contributed by atoms with Crippen LogP contribution in [0.3, 0.4) is 0 Å². The van der Waals surface area contributed by atoms with Gasteiger partial charge in [-0.1, -0.05) is 0 Å². The van der Waals surface area contributed by atoms with Crippen molar-refractivity contribution < 1.29 is 9.47 Å². The van der Waals surface area contributed by atoms with E-state index in [1.807, 2.05) is 0 Å². The van der Waals surface area contributed by atoms with E-state index < -0.39 is 0 Å². The van der Waals surface area contributed by atoms with Crippen molar-refractivity contribution in [3.05, 3.63) is 6.07 Å². The Labute approximate surface area is 112 Å². The summed E-state index contributed by atoms with van der Waals surface area (Å²) in [6.45, 7) is 0.833. The zero-order valence-electron chi connectivity index (χ0n) is 10.6. The monoisotopic (exact) mass is 271 g/mol. The van der Waals surface area contributed by atoms with Gasteiger partial charge >= 0.3 is 0 Å².